The summed E-state index contributed by atoms with van der Waals surface area (Å²) in [5, 5.41) is 15.6. The van der Waals surface area contributed by atoms with E-state index in [1.165, 1.54) is 4.90 Å². The van der Waals surface area contributed by atoms with Crippen molar-refractivity contribution < 1.29 is 0 Å². The fourth-order valence-corrected chi connectivity index (χ4v) is 3.16. The number of hydrogen-bond acceptors (Lipinski definition) is 4. The summed E-state index contributed by atoms with van der Waals surface area (Å²) in [5.74, 6) is 2.51. The average molecular weight is 503 g/mol. The van der Waals surface area contributed by atoms with E-state index in [2.05, 4.69) is 25.8 Å². The number of hydrogen-bond donors (Lipinski definition) is 2. The van der Waals surface area contributed by atoms with E-state index in [-0.39, 0.29) is 24.0 Å². The van der Waals surface area contributed by atoms with Crippen LogP contribution in [0, 0.1) is 0 Å². The van der Waals surface area contributed by atoms with Crippen LogP contribution in [0.3, 0.4) is 0 Å². The Kier molecular flexibility index (Phi) is 8.46. The maximum Gasteiger partial charge on any atom is 0.191 e. The van der Waals surface area contributed by atoms with Crippen molar-refractivity contribution in [3.8, 4) is 0 Å². The van der Waals surface area contributed by atoms with Crippen LogP contribution in [0.1, 0.15) is 5.82 Å². The van der Waals surface area contributed by atoms with Gasteiger partial charge in [-0.1, -0.05) is 17.7 Å². The lowest BCUT2D eigenvalue weighted by molar-refractivity contribution is 0.773. The lowest BCUT2D eigenvalue weighted by Crippen LogP contribution is -2.38. The highest BCUT2D eigenvalue weighted by molar-refractivity contribution is 14.0. The molecule has 0 spiro atoms. The first-order chi connectivity index (χ1) is 12.3. The van der Waals surface area contributed by atoms with Gasteiger partial charge in [0, 0.05) is 35.5 Å². The number of thioether (sulfide) groups is 1. The molecule has 3 rings (SSSR count). The van der Waals surface area contributed by atoms with Gasteiger partial charge in [0.05, 0.1) is 6.54 Å². The smallest absolute Gasteiger partial charge is 0.191 e. The molecule has 0 radical (unpaired) electrons. The van der Waals surface area contributed by atoms with E-state index in [1.807, 2.05) is 53.1 Å². The molecule has 2 heterocycles. The van der Waals surface area contributed by atoms with Crippen LogP contribution >= 0.6 is 47.3 Å². The molecule has 0 unspecified atom stereocenters. The SMILES string of the molecule is CN=C(NCCSc1ccc(Cl)cc1)NCc1nnc2ccccn12.I. The Morgan fingerprint density at radius 1 is 1.15 bits per heavy atom. The van der Waals surface area contributed by atoms with Crippen molar-refractivity contribution in [1.82, 2.24) is 25.2 Å². The van der Waals surface area contributed by atoms with Gasteiger partial charge in [0.25, 0.3) is 0 Å². The predicted octanol–water partition coefficient (Wildman–Crippen LogP) is 3.46. The van der Waals surface area contributed by atoms with Crippen LogP contribution in [-0.2, 0) is 6.54 Å². The summed E-state index contributed by atoms with van der Waals surface area (Å²) >= 11 is 7.66. The van der Waals surface area contributed by atoms with Crippen LogP contribution in [0.25, 0.3) is 5.65 Å². The topological polar surface area (TPSA) is 66.6 Å². The number of halogens is 2. The molecule has 26 heavy (non-hydrogen) atoms. The summed E-state index contributed by atoms with van der Waals surface area (Å²) in [4.78, 5) is 5.43. The minimum atomic E-state index is 0. The molecule has 0 saturated carbocycles. The first-order valence-electron chi connectivity index (χ1n) is 7.88. The first-order valence-corrected chi connectivity index (χ1v) is 9.24. The molecule has 0 bridgehead atoms. The van der Waals surface area contributed by atoms with E-state index in [4.69, 9.17) is 11.6 Å². The van der Waals surface area contributed by atoms with Crippen molar-refractivity contribution in [1.29, 1.82) is 0 Å². The Bertz CT molecular complexity index is 852. The third kappa shape index (κ3) is 5.75. The molecule has 0 aliphatic rings. The maximum atomic E-state index is 5.89. The molecular formula is C17H20ClIN6S. The molecule has 1 aromatic carbocycles. The minimum absolute atomic E-state index is 0. The number of nitrogens with one attached hydrogen (secondary N) is 2. The van der Waals surface area contributed by atoms with Crippen LogP contribution in [0.5, 0.6) is 0 Å². The van der Waals surface area contributed by atoms with Crippen molar-refractivity contribution in [3.63, 3.8) is 0 Å². The number of guanidine groups is 1. The molecule has 3 aromatic rings. The van der Waals surface area contributed by atoms with E-state index in [9.17, 15) is 0 Å². The molecular weight excluding hydrogens is 483 g/mol. The van der Waals surface area contributed by atoms with Gasteiger partial charge in [-0.3, -0.25) is 9.39 Å². The summed E-state index contributed by atoms with van der Waals surface area (Å²) in [5.41, 5.74) is 0.835. The monoisotopic (exact) mass is 502 g/mol. The van der Waals surface area contributed by atoms with Gasteiger partial charge in [0.1, 0.15) is 0 Å². The fraction of sp³-hybridized carbons (Fsp3) is 0.235. The fourth-order valence-electron chi connectivity index (χ4n) is 2.26. The van der Waals surface area contributed by atoms with Crippen molar-refractivity contribution in [2.45, 2.75) is 11.4 Å². The molecule has 0 fully saturated rings. The zero-order valence-electron chi connectivity index (χ0n) is 14.2. The van der Waals surface area contributed by atoms with Crippen molar-refractivity contribution in [2.75, 3.05) is 19.3 Å². The standard InChI is InChI=1S/C17H19ClN6S.HI/c1-19-17(20-9-11-25-14-7-5-13(18)6-8-14)21-12-16-23-22-15-4-2-3-10-24(15)16;/h2-8,10H,9,11-12H2,1H3,(H2,19,20,21);1H. The van der Waals surface area contributed by atoms with E-state index in [0.717, 1.165) is 34.8 Å². The summed E-state index contributed by atoms with van der Waals surface area (Å²) in [6, 6.07) is 13.7. The quantitative estimate of drug-likeness (QED) is 0.178. The van der Waals surface area contributed by atoms with Crippen molar-refractivity contribution in [3.05, 3.63) is 59.5 Å². The van der Waals surface area contributed by atoms with Crippen LogP contribution in [-0.4, -0.2) is 39.9 Å². The van der Waals surface area contributed by atoms with Crippen LogP contribution < -0.4 is 10.6 Å². The number of aromatic nitrogens is 3. The second kappa shape index (κ2) is 10.6. The van der Waals surface area contributed by atoms with Gasteiger partial charge in [-0.15, -0.1) is 45.9 Å². The van der Waals surface area contributed by atoms with E-state index >= 15 is 0 Å². The zero-order valence-corrected chi connectivity index (χ0v) is 18.1. The van der Waals surface area contributed by atoms with Gasteiger partial charge in [-0.25, -0.2) is 0 Å². The second-order valence-corrected chi connectivity index (χ2v) is 6.80. The Hall–Kier alpha value is -1.52. The number of fused-ring (bicyclic) bond motifs is 1. The van der Waals surface area contributed by atoms with Gasteiger partial charge < -0.3 is 10.6 Å². The Morgan fingerprint density at radius 2 is 1.96 bits per heavy atom. The number of aliphatic imine (C=N–C) groups is 1. The van der Waals surface area contributed by atoms with E-state index < -0.39 is 0 Å². The molecule has 0 amide bonds. The lowest BCUT2D eigenvalue weighted by atomic mass is 10.4. The number of benzene rings is 1. The molecule has 6 nitrogen and oxygen atoms in total. The highest BCUT2D eigenvalue weighted by Gasteiger charge is 2.05. The summed E-state index contributed by atoms with van der Waals surface area (Å²) in [6.07, 6.45) is 1.95. The molecule has 0 atom stereocenters. The predicted molar refractivity (Wildman–Crippen MR) is 119 cm³/mol. The minimum Gasteiger partial charge on any atom is -0.356 e. The van der Waals surface area contributed by atoms with Crippen LogP contribution in [0.2, 0.25) is 5.02 Å². The maximum absolute atomic E-state index is 5.89. The first kappa shape index (κ1) is 20.8. The number of pyridine rings is 1. The summed E-state index contributed by atoms with van der Waals surface area (Å²) < 4.78 is 1.96. The van der Waals surface area contributed by atoms with Gasteiger partial charge in [-0.2, -0.15) is 0 Å². The molecule has 0 aliphatic carbocycles. The molecule has 0 aliphatic heterocycles. The third-order valence-electron chi connectivity index (χ3n) is 3.50. The Balaban J connectivity index is 0.00000243. The zero-order chi connectivity index (χ0) is 17.5. The number of nitrogens with zero attached hydrogens (tertiary/aromatic N) is 4. The third-order valence-corrected chi connectivity index (χ3v) is 4.76. The Morgan fingerprint density at radius 3 is 2.73 bits per heavy atom. The van der Waals surface area contributed by atoms with Gasteiger partial charge in [-0.05, 0) is 36.4 Å². The molecule has 138 valence electrons. The van der Waals surface area contributed by atoms with Crippen LogP contribution in [0.4, 0.5) is 0 Å². The van der Waals surface area contributed by atoms with E-state index in [0.29, 0.717) is 6.54 Å². The molecule has 9 heteroatoms. The molecule has 2 N–H and O–H groups in total. The second-order valence-electron chi connectivity index (χ2n) is 5.20. The van der Waals surface area contributed by atoms with Gasteiger partial charge in [0.15, 0.2) is 17.4 Å². The lowest BCUT2D eigenvalue weighted by Gasteiger charge is -2.11. The van der Waals surface area contributed by atoms with Crippen molar-refractivity contribution in [2.24, 2.45) is 4.99 Å². The summed E-state index contributed by atoms with van der Waals surface area (Å²) in [7, 11) is 1.75. The highest BCUT2D eigenvalue weighted by Crippen LogP contribution is 2.19. The normalized spacial score (nSPS) is 11.2. The van der Waals surface area contributed by atoms with Gasteiger partial charge >= 0.3 is 0 Å². The van der Waals surface area contributed by atoms with Crippen molar-refractivity contribution >= 4 is 58.9 Å². The van der Waals surface area contributed by atoms with Crippen LogP contribution in [0.15, 0.2) is 58.5 Å². The molecule has 0 saturated heterocycles. The average Bonchev–Trinajstić information content (AvgIpc) is 3.06. The highest BCUT2D eigenvalue weighted by atomic mass is 127. The van der Waals surface area contributed by atoms with E-state index in [1.54, 1.807) is 18.8 Å². The largest absolute Gasteiger partial charge is 0.356 e. The van der Waals surface area contributed by atoms with Gasteiger partial charge in [0.2, 0.25) is 0 Å². The summed E-state index contributed by atoms with van der Waals surface area (Å²) in [6.45, 7) is 1.35. The molecule has 2 aromatic heterocycles. The Labute approximate surface area is 178 Å². The number of rotatable bonds is 6.